The lowest BCUT2D eigenvalue weighted by molar-refractivity contribution is 0.100. The third-order valence-corrected chi connectivity index (χ3v) is 2.78. The van der Waals surface area contributed by atoms with Gasteiger partial charge in [-0.1, -0.05) is 0 Å². The van der Waals surface area contributed by atoms with Gasteiger partial charge in [0, 0.05) is 32.1 Å². The summed E-state index contributed by atoms with van der Waals surface area (Å²) in [5, 5.41) is 0. The van der Waals surface area contributed by atoms with Gasteiger partial charge in [-0.15, -0.1) is 0 Å². The van der Waals surface area contributed by atoms with E-state index in [1.807, 2.05) is 0 Å². The van der Waals surface area contributed by atoms with E-state index < -0.39 is 0 Å². The highest BCUT2D eigenvalue weighted by molar-refractivity contribution is 5.09. The van der Waals surface area contributed by atoms with Crippen LogP contribution >= 0.6 is 0 Å². The monoisotopic (exact) mass is 194 g/mol. The van der Waals surface area contributed by atoms with Gasteiger partial charge in [0.15, 0.2) is 0 Å². The Balaban J connectivity index is 1.79. The molecule has 1 saturated heterocycles. The maximum Gasteiger partial charge on any atom is 0.0593 e. The normalized spacial score (nSPS) is 21.6. The van der Waals surface area contributed by atoms with E-state index in [2.05, 4.69) is 23.0 Å². The van der Waals surface area contributed by atoms with Crippen LogP contribution in [0, 0.1) is 0 Å². The van der Waals surface area contributed by atoms with Crippen LogP contribution in [0.25, 0.3) is 0 Å². The number of hydrogen-bond acceptors (Lipinski definition) is 2. The zero-order chi connectivity index (χ0) is 9.80. The number of hydrogen-bond donors (Lipinski definition) is 1. The molecule has 14 heavy (non-hydrogen) atoms. The van der Waals surface area contributed by atoms with Crippen LogP contribution in [0.4, 0.5) is 0 Å². The summed E-state index contributed by atoms with van der Waals surface area (Å²) in [6.45, 7) is 2.63. The first-order valence-electron chi connectivity index (χ1n) is 5.35. The van der Waals surface area contributed by atoms with Crippen molar-refractivity contribution in [2.24, 2.45) is 5.73 Å². The SMILES string of the molecule is NCc1ccn(CCC2CCCO2)c1. The Morgan fingerprint density at radius 3 is 3.14 bits per heavy atom. The minimum Gasteiger partial charge on any atom is -0.378 e. The second-order valence-electron chi connectivity index (χ2n) is 3.89. The van der Waals surface area contributed by atoms with Gasteiger partial charge in [0.2, 0.25) is 0 Å². The highest BCUT2D eigenvalue weighted by Gasteiger charge is 2.14. The molecular formula is C11H18N2O. The van der Waals surface area contributed by atoms with Crippen molar-refractivity contribution in [3.63, 3.8) is 0 Å². The summed E-state index contributed by atoms with van der Waals surface area (Å²) in [4.78, 5) is 0. The molecular weight excluding hydrogens is 176 g/mol. The Bertz CT molecular complexity index is 277. The van der Waals surface area contributed by atoms with Crippen LogP contribution in [0.2, 0.25) is 0 Å². The average Bonchev–Trinajstić information content (AvgIpc) is 2.86. The molecule has 0 amide bonds. The van der Waals surface area contributed by atoms with E-state index in [4.69, 9.17) is 10.5 Å². The van der Waals surface area contributed by atoms with E-state index in [0.717, 1.165) is 19.6 Å². The maximum absolute atomic E-state index is 5.57. The van der Waals surface area contributed by atoms with Gasteiger partial charge in [0.1, 0.15) is 0 Å². The zero-order valence-electron chi connectivity index (χ0n) is 8.48. The molecule has 0 spiro atoms. The molecule has 1 atom stereocenters. The van der Waals surface area contributed by atoms with Crippen molar-refractivity contribution in [2.45, 2.75) is 38.5 Å². The number of aryl methyl sites for hydroxylation is 1. The van der Waals surface area contributed by atoms with E-state index in [1.54, 1.807) is 0 Å². The van der Waals surface area contributed by atoms with Gasteiger partial charge in [-0.25, -0.2) is 0 Å². The molecule has 3 heteroatoms. The minimum atomic E-state index is 0.485. The van der Waals surface area contributed by atoms with Crippen molar-refractivity contribution in [1.29, 1.82) is 0 Å². The molecule has 1 aromatic heterocycles. The average molecular weight is 194 g/mol. The molecule has 2 N–H and O–H groups in total. The molecule has 1 aromatic rings. The molecule has 1 fully saturated rings. The van der Waals surface area contributed by atoms with E-state index >= 15 is 0 Å². The number of nitrogens with two attached hydrogens (primary N) is 1. The molecule has 0 radical (unpaired) electrons. The predicted molar refractivity (Wildman–Crippen MR) is 55.9 cm³/mol. The molecule has 3 nitrogen and oxygen atoms in total. The van der Waals surface area contributed by atoms with E-state index in [1.165, 1.54) is 18.4 Å². The van der Waals surface area contributed by atoms with Crippen molar-refractivity contribution in [2.75, 3.05) is 6.61 Å². The van der Waals surface area contributed by atoms with Gasteiger partial charge in [-0.3, -0.25) is 0 Å². The molecule has 0 aromatic carbocycles. The van der Waals surface area contributed by atoms with Crippen molar-refractivity contribution in [3.05, 3.63) is 24.0 Å². The van der Waals surface area contributed by atoms with Gasteiger partial charge < -0.3 is 15.0 Å². The fraction of sp³-hybridized carbons (Fsp3) is 0.636. The highest BCUT2D eigenvalue weighted by atomic mass is 16.5. The predicted octanol–water partition coefficient (Wildman–Crippen LogP) is 1.52. The van der Waals surface area contributed by atoms with E-state index in [9.17, 15) is 0 Å². The van der Waals surface area contributed by atoms with E-state index in [-0.39, 0.29) is 0 Å². The number of nitrogens with zero attached hydrogens (tertiary/aromatic N) is 1. The number of aromatic nitrogens is 1. The second kappa shape index (κ2) is 4.62. The van der Waals surface area contributed by atoms with Crippen LogP contribution in [-0.4, -0.2) is 17.3 Å². The topological polar surface area (TPSA) is 40.2 Å². The number of ether oxygens (including phenoxy) is 1. The molecule has 2 heterocycles. The van der Waals surface area contributed by atoms with Gasteiger partial charge >= 0.3 is 0 Å². The fourth-order valence-corrected chi connectivity index (χ4v) is 1.92. The lowest BCUT2D eigenvalue weighted by Crippen LogP contribution is -2.09. The second-order valence-corrected chi connectivity index (χ2v) is 3.89. The van der Waals surface area contributed by atoms with Crippen LogP contribution < -0.4 is 5.73 Å². The minimum absolute atomic E-state index is 0.485. The summed E-state index contributed by atoms with van der Waals surface area (Å²) >= 11 is 0. The maximum atomic E-state index is 5.57. The van der Waals surface area contributed by atoms with Crippen LogP contribution in [-0.2, 0) is 17.8 Å². The summed E-state index contributed by atoms with van der Waals surface area (Å²) in [6.07, 6.45) is 8.28. The summed E-state index contributed by atoms with van der Waals surface area (Å²) < 4.78 is 7.77. The molecule has 0 aliphatic carbocycles. The summed E-state index contributed by atoms with van der Waals surface area (Å²) in [5.41, 5.74) is 6.75. The zero-order valence-corrected chi connectivity index (χ0v) is 8.48. The van der Waals surface area contributed by atoms with Gasteiger partial charge in [-0.2, -0.15) is 0 Å². The number of rotatable bonds is 4. The first-order chi connectivity index (χ1) is 6.88. The smallest absolute Gasteiger partial charge is 0.0593 e. The van der Waals surface area contributed by atoms with Crippen molar-refractivity contribution < 1.29 is 4.74 Å². The molecule has 1 unspecified atom stereocenters. The molecule has 2 rings (SSSR count). The van der Waals surface area contributed by atoms with Crippen LogP contribution in [0.3, 0.4) is 0 Å². The first kappa shape index (κ1) is 9.74. The van der Waals surface area contributed by atoms with Crippen molar-refractivity contribution >= 4 is 0 Å². The van der Waals surface area contributed by atoms with Crippen molar-refractivity contribution in [3.8, 4) is 0 Å². The van der Waals surface area contributed by atoms with Crippen molar-refractivity contribution in [1.82, 2.24) is 4.57 Å². The van der Waals surface area contributed by atoms with Gasteiger partial charge in [0.05, 0.1) is 6.10 Å². The summed E-state index contributed by atoms with van der Waals surface area (Å²) in [7, 11) is 0. The molecule has 0 bridgehead atoms. The quantitative estimate of drug-likeness (QED) is 0.789. The highest BCUT2D eigenvalue weighted by Crippen LogP contribution is 2.16. The summed E-state index contributed by atoms with van der Waals surface area (Å²) in [5.74, 6) is 0. The fourth-order valence-electron chi connectivity index (χ4n) is 1.92. The Morgan fingerprint density at radius 1 is 1.57 bits per heavy atom. The van der Waals surface area contributed by atoms with E-state index in [0.29, 0.717) is 12.6 Å². The third-order valence-electron chi connectivity index (χ3n) is 2.78. The Hall–Kier alpha value is -0.800. The molecule has 0 saturated carbocycles. The summed E-state index contributed by atoms with van der Waals surface area (Å²) in [6, 6.07) is 2.08. The largest absolute Gasteiger partial charge is 0.378 e. The molecule has 1 aliphatic rings. The lowest BCUT2D eigenvalue weighted by Gasteiger charge is -2.09. The molecule has 1 aliphatic heterocycles. The Labute approximate surface area is 84.9 Å². The van der Waals surface area contributed by atoms with Crippen LogP contribution in [0.1, 0.15) is 24.8 Å². The first-order valence-corrected chi connectivity index (χ1v) is 5.35. The molecule has 78 valence electrons. The lowest BCUT2D eigenvalue weighted by atomic mass is 10.2. The van der Waals surface area contributed by atoms with Crippen LogP contribution in [0.15, 0.2) is 18.5 Å². The van der Waals surface area contributed by atoms with Gasteiger partial charge in [-0.05, 0) is 30.9 Å². The third kappa shape index (κ3) is 2.36. The Morgan fingerprint density at radius 2 is 2.50 bits per heavy atom. The Kier molecular flexibility index (Phi) is 3.22. The van der Waals surface area contributed by atoms with Gasteiger partial charge in [0.25, 0.3) is 0 Å². The standard InChI is InChI=1S/C11H18N2O/c12-8-10-3-5-13(9-10)6-4-11-2-1-7-14-11/h3,5,9,11H,1-2,4,6-8,12H2. The van der Waals surface area contributed by atoms with Crippen LogP contribution in [0.5, 0.6) is 0 Å².